The molecule has 1 fully saturated rings. The van der Waals surface area contributed by atoms with Gasteiger partial charge in [0, 0.05) is 13.1 Å². The first kappa shape index (κ1) is 9.04. The minimum absolute atomic E-state index is 0.293. The molecule has 3 nitrogen and oxygen atoms in total. The van der Waals surface area contributed by atoms with Crippen LogP contribution < -0.4 is 10.1 Å². The summed E-state index contributed by atoms with van der Waals surface area (Å²) in [7, 11) is 0. The van der Waals surface area contributed by atoms with E-state index in [1.807, 2.05) is 19.1 Å². The van der Waals surface area contributed by atoms with Gasteiger partial charge in [0.2, 0.25) is 0 Å². The number of benzene rings is 1. The van der Waals surface area contributed by atoms with Crippen molar-refractivity contribution < 1.29 is 4.74 Å². The summed E-state index contributed by atoms with van der Waals surface area (Å²) < 4.78 is 5.71. The maximum atomic E-state index is 8.69. The molecule has 1 N–H and O–H groups in total. The van der Waals surface area contributed by atoms with Crippen molar-refractivity contribution >= 4 is 0 Å². The van der Waals surface area contributed by atoms with Crippen LogP contribution in [-0.4, -0.2) is 19.2 Å². The van der Waals surface area contributed by atoms with Crippen molar-refractivity contribution in [2.24, 2.45) is 0 Å². The molecule has 0 unspecified atom stereocenters. The lowest BCUT2D eigenvalue weighted by molar-refractivity contribution is 0.141. The minimum Gasteiger partial charge on any atom is -0.487 e. The number of ether oxygens (including phenoxy) is 1. The van der Waals surface area contributed by atoms with E-state index in [1.165, 1.54) is 0 Å². The highest BCUT2D eigenvalue weighted by Crippen LogP contribution is 2.20. The van der Waals surface area contributed by atoms with Crippen LogP contribution in [0, 0.1) is 18.3 Å². The molecule has 1 aliphatic heterocycles. The smallest absolute Gasteiger partial charge is 0.123 e. The molecule has 0 saturated carbocycles. The Morgan fingerprint density at radius 3 is 2.79 bits per heavy atom. The third kappa shape index (κ3) is 1.70. The molecule has 72 valence electrons. The number of nitriles is 1. The van der Waals surface area contributed by atoms with Crippen molar-refractivity contribution in [3.8, 4) is 11.8 Å². The van der Waals surface area contributed by atoms with E-state index in [2.05, 4.69) is 11.4 Å². The molecule has 3 heteroatoms. The van der Waals surface area contributed by atoms with Gasteiger partial charge in [-0.3, -0.25) is 0 Å². The summed E-state index contributed by atoms with van der Waals surface area (Å²) in [6, 6.07) is 7.61. The van der Waals surface area contributed by atoms with Crippen LogP contribution in [0.5, 0.6) is 5.75 Å². The Morgan fingerprint density at radius 2 is 2.29 bits per heavy atom. The number of nitrogens with one attached hydrogen (secondary N) is 1. The van der Waals surface area contributed by atoms with Crippen LogP contribution in [0.1, 0.15) is 11.1 Å². The van der Waals surface area contributed by atoms with E-state index in [4.69, 9.17) is 10.00 Å². The first-order valence-corrected chi connectivity index (χ1v) is 4.68. The molecule has 1 aromatic rings. The first-order chi connectivity index (χ1) is 6.79. The van der Waals surface area contributed by atoms with E-state index in [1.54, 1.807) is 6.07 Å². The fourth-order valence-electron chi connectivity index (χ4n) is 1.38. The monoisotopic (exact) mass is 188 g/mol. The fourth-order valence-corrected chi connectivity index (χ4v) is 1.38. The average molecular weight is 188 g/mol. The summed E-state index contributed by atoms with van der Waals surface area (Å²) in [5.74, 6) is 0.885. The standard InChI is InChI=1S/C11H12N2O/c1-8-4-9(5-12)2-3-11(8)14-10-6-13-7-10/h2-4,10,13H,6-7H2,1H3. The van der Waals surface area contributed by atoms with Gasteiger partial charge in [0.1, 0.15) is 11.9 Å². The van der Waals surface area contributed by atoms with E-state index < -0.39 is 0 Å². The lowest BCUT2D eigenvalue weighted by atomic mass is 10.1. The van der Waals surface area contributed by atoms with E-state index >= 15 is 0 Å². The summed E-state index contributed by atoms with van der Waals surface area (Å²) in [4.78, 5) is 0. The van der Waals surface area contributed by atoms with Crippen LogP contribution in [0.25, 0.3) is 0 Å². The molecule has 0 spiro atoms. The maximum Gasteiger partial charge on any atom is 0.123 e. The van der Waals surface area contributed by atoms with Gasteiger partial charge >= 0.3 is 0 Å². The molecule has 0 bridgehead atoms. The molecule has 1 heterocycles. The van der Waals surface area contributed by atoms with Gasteiger partial charge in [-0.05, 0) is 30.7 Å². The van der Waals surface area contributed by atoms with Crippen molar-refractivity contribution in [3.63, 3.8) is 0 Å². The Kier molecular flexibility index (Phi) is 2.38. The van der Waals surface area contributed by atoms with Crippen LogP contribution in [0.4, 0.5) is 0 Å². The molecule has 0 amide bonds. The summed E-state index contributed by atoms with van der Waals surface area (Å²) in [6.45, 7) is 3.79. The molecule has 14 heavy (non-hydrogen) atoms. The van der Waals surface area contributed by atoms with E-state index in [-0.39, 0.29) is 0 Å². The molecule has 1 saturated heterocycles. The summed E-state index contributed by atoms with van der Waals surface area (Å²) in [5.41, 5.74) is 1.71. The Balaban J connectivity index is 2.14. The van der Waals surface area contributed by atoms with E-state index in [0.29, 0.717) is 11.7 Å². The predicted octanol–water partition coefficient (Wildman–Crippen LogP) is 1.22. The largest absolute Gasteiger partial charge is 0.487 e. The van der Waals surface area contributed by atoms with Gasteiger partial charge in [-0.15, -0.1) is 0 Å². The van der Waals surface area contributed by atoms with Crippen LogP contribution in [0.15, 0.2) is 18.2 Å². The maximum absolute atomic E-state index is 8.69. The van der Waals surface area contributed by atoms with Crippen molar-refractivity contribution in [2.45, 2.75) is 13.0 Å². The molecular formula is C11H12N2O. The summed E-state index contributed by atoms with van der Waals surface area (Å²) in [6.07, 6.45) is 0.293. The molecule has 0 radical (unpaired) electrons. The van der Waals surface area contributed by atoms with Crippen LogP contribution >= 0.6 is 0 Å². The highest BCUT2D eigenvalue weighted by Gasteiger charge is 2.18. The number of rotatable bonds is 2. The van der Waals surface area contributed by atoms with Crippen molar-refractivity contribution in [1.82, 2.24) is 5.32 Å². The minimum atomic E-state index is 0.293. The zero-order valence-corrected chi connectivity index (χ0v) is 8.08. The van der Waals surface area contributed by atoms with Crippen molar-refractivity contribution in [2.75, 3.05) is 13.1 Å². The van der Waals surface area contributed by atoms with Gasteiger partial charge in [-0.1, -0.05) is 0 Å². The second-order valence-corrected chi connectivity index (χ2v) is 3.49. The van der Waals surface area contributed by atoms with Crippen LogP contribution in [-0.2, 0) is 0 Å². The normalized spacial score (nSPS) is 15.7. The molecule has 0 aliphatic carbocycles. The van der Waals surface area contributed by atoms with Gasteiger partial charge < -0.3 is 10.1 Å². The molecule has 1 aromatic carbocycles. The molecule has 2 rings (SSSR count). The van der Waals surface area contributed by atoms with Crippen LogP contribution in [0.3, 0.4) is 0 Å². The number of hydrogen-bond donors (Lipinski definition) is 1. The number of aryl methyl sites for hydroxylation is 1. The Labute approximate surface area is 83.3 Å². The highest BCUT2D eigenvalue weighted by atomic mass is 16.5. The number of nitrogens with zero attached hydrogens (tertiary/aromatic N) is 1. The van der Waals surface area contributed by atoms with Gasteiger partial charge in [0.15, 0.2) is 0 Å². The Hall–Kier alpha value is -1.53. The quantitative estimate of drug-likeness (QED) is 0.759. The third-order valence-electron chi connectivity index (χ3n) is 2.34. The van der Waals surface area contributed by atoms with Gasteiger partial charge in [0.05, 0.1) is 11.6 Å². The third-order valence-corrected chi connectivity index (χ3v) is 2.34. The van der Waals surface area contributed by atoms with Crippen molar-refractivity contribution in [3.05, 3.63) is 29.3 Å². The first-order valence-electron chi connectivity index (χ1n) is 4.68. The lowest BCUT2D eigenvalue weighted by Crippen LogP contribution is -2.50. The SMILES string of the molecule is Cc1cc(C#N)ccc1OC1CNC1. The molecular weight excluding hydrogens is 176 g/mol. The molecule has 0 atom stereocenters. The van der Waals surface area contributed by atoms with E-state index in [9.17, 15) is 0 Å². The lowest BCUT2D eigenvalue weighted by Gasteiger charge is -2.28. The fraction of sp³-hybridized carbons (Fsp3) is 0.364. The summed E-state index contributed by atoms with van der Waals surface area (Å²) in [5, 5.41) is 11.8. The van der Waals surface area contributed by atoms with Gasteiger partial charge in [0.25, 0.3) is 0 Å². The Morgan fingerprint density at radius 1 is 1.50 bits per heavy atom. The molecule has 1 aliphatic rings. The topological polar surface area (TPSA) is 45.0 Å². The van der Waals surface area contributed by atoms with Gasteiger partial charge in [-0.2, -0.15) is 5.26 Å². The summed E-state index contributed by atoms with van der Waals surface area (Å²) >= 11 is 0. The number of hydrogen-bond acceptors (Lipinski definition) is 3. The second-order valence-electron chi connectivity index (χ2n) is 3.49. The zero-order valence-electron chi connectivity index (χ0n) is 8.08. The van der Waals surface area contributed by atoms with E-state index in [0.717, 1.165) is 24.4 Å². The second kappa shape index (κ2) is 3.69. The van der Waals surface area contributed by atoms with Crippen LogP contribution in [0.2, 0.25) is 0 Å². The predicted molar refractivity (Wildman–Crippen MR) is 53.2 cm³/mol. The molecule has 0 aromatic heterocycles. The van der Waals surface area contributed by atoms with Crippen molar-refractivity contribution in [1.29, 1.82) is 5.26 Å². The average Bonchev–Trinajstić information content (AvgIpc) is 2.13. The highest BCUT2D eigenvalue weighted by molar-refractivity contribution is 5.41. The van der Waals surface area contributed by atoms with Gasteiger partial charge in [-0.25, -0.2) is 0 Å². The Bertz CT molecular complexity index is 377. The zero-order chi connectivity index (χ0) is 9.97.